The molecule has 4 rings (SSSR count). The molecule has 1 aromatic heterocycles. The lowest BCUT2D eigenvalue weighted by molar-refractivity contribution is -0.136. The van der Waals surface area contributed by atoms with Gasteiger partial charge in [0, 0.05) is 12.0 Å². The highest BCUT2D eigenvalue weighted by Crippen LogP contribution is 2.20. The van der Waals surface area contributed by atoms with Crippen LogP contribution in [0.4, 0.5) is 0 Å². The number of aliphatic carboxylic acids is 1. The number of oxime groups is 1. The van der Waals surface area contributed by atoms with E-state index in [1.54, 1.807) is 6.26 Å². The van der Waals surface area contributed by atoms with Gasteiger partial charge < -0.3 is 19.1 Å². The molecule has 0 aliphatic heterocycles. The van der Waals surface area contributed by atoms with Gasteiger partial charge in [0.15, 0.2) is 0 Å². The number of carboxylic acid groups (broad SMARTS) is 1. The molecule has 0 aliphatic carbocycles. The molecule has 0 unspecified atom stereocenters. The van der Waals surface area contributed by atoms with E-state index in [9.17, 15) is 4.79 Å². The normalized spacial score (nSPS) is 11.2. The number of rotatable bonds is 11. The molecular formula is C27H24N2O5. The summed E-state index contributed by atoms with van der Waals surface area (Å²) in [4.78, 5) is 20.9. The van der Waals surface area contributed by atoms with Crippen LogP contribution in [0, 0.1) is 0 Å². The average Bonchev–Trinajstić information content (AvgIpc) is 3.36. The van der Waals surface area contributed by atoms with Crippen LogP contribution in [0.3, 0.4) is 0 Å². The highest BCUT2D eigenvalue weighted by Gasteiger charge is 2.09. The molecule has 3 aromatic carbocycles. The van der Waals surface area contributed by atoms with E-state index in [1.807, 2.05) is 84.9 Å². The van der Waals surface area contributed by atoms with Crippen molar-refractivity contribution in [2.24, 2.45) is 5.16 Å². The van der Waals surface area contributed by atoms with Gasteiger partial charge in [0.1, 0.15) is 30.9 Å². The number of carbonyl (C=O) groups is 1. The molecule has 0 spiro atoms. The quantitative estimate of drug-likeness (QED) is 0.230. The van der Waals surface area contributed by atoms with Crippen molar-refractivity contribution in [3.05, 3.63) is 108 Å². The molecule has 7 nitrogen and oxygen atoms in total. The second-order valence-electron chi connectivity index (χ2n) is 7.51. The van der Waals surface area contributed by atoms with Gasteiger partial charge in [-0.1, -0.05) is 65.8 Å². The van der Waals surface area contributed by atoms with Crippen molar-refractivity contribution < 1.29 is 23.9 Å². The molecule has 0 atom stereocenters. The SMILES string of the molecule is O=C(O)CCC(=NOCc1ccc(OCc2coc(-c3ccccc3)n2)cc1)c1ccccc1. The van der Waals surface area contributed by atoms with E-state index in [-0.39, 0.29) is 13.0 Å². The molecular weight excluding hydrogens is 432 g/mol. The summed E-state index contributed by atoms with van der Waals surface area (Å²) in [6, 6.07) is 26.6. The summed E-state index contributed by atoms with van der Waals surface area (Å²) in [6.45, 7) is 0.549. The van der Waals surface area contributed by atoms with E-state index in [0.29, 0.717) is 36.1 Å². The zero-order valence-corrected chi connectivity index (χ0v) is 18.5. The van der Waals surface area contributed by atoms with E-state index in [0.717, 1.165) is 16.7 Å². The Morgan fingerprint density at radius 1 is 0.882 bits per heavy atom. The van der Waals surface area contributed by atoms with Gasteiger partial charge in [-0.05, 0) is 35.4 Å². The Bertz CT molecular complexity index is 1220. The van der Waals surface area contributed by atoms with Crippen LogP contribution in [0.2, 0.25) is 0 Å². The predicted molar refractivity (Wildman–Crippen MR) is 127 cm³/mol. The van der Waals surface area contributed by atoms with Crippen molar-refractivity contribution in [3.63, 3.8) is 0 Å². The lowest BCUT2D eigenvalue weighted by atomic mass is 10.1. The molecule has 34 heavy (non-hydrogen) atoms. The monoisotopic (exact) mass is 456 g/mol. The van der Waals surface area contributed by atoms with Crippen LogP contribution < -0.4 is 4.74 Å². The minimum atomic E-state index is -0.874. The van der Waals surface area contributed by atoms with Crippen LogP contribution in [-0.2, 0) is 22.8 Å². The summed E-state index contributed by atoms with van der Waals surface area (Å²) in [5.74, 6) is 0.384. The molecule has 0 saturated heterocycles. The minimum absolute atomic E-state index is 0.0124. The number of nitrogens with zero attached hydrogens (tertiary/aromatic N) is 2. The van der Waals surface area contributed by atoms with Crippen LogP contribution >= 0.6 is 0 Å². The van der Waals surface area contributed by atoms with Gasteiger partial charge in [0.05, 0.1) is 12.1 Å². The first kappa shape index (κ1) is 22.8. The maximum absolute atomic E-state index is 11.0. The summed E-state index contributed by atoms with van der Waals surface area (Å²) in [5.41, 5.74) is 3.98. The molecule has 0 fully saturated rings. The Morgan fingerprint density at radius 2 is 1.59 bits per heavy atom. The summed E-state index contributed by atoms with van der Waals surface area (Å²) in [6.07, 6.45) is 1.87. The van der Waals surface area contributed by atoms with Gasteiger partial charge >= 0.3 is 5.97 Å². The van der Waals surface area contributed by atoms with E-state index >= 15 is 0 Å². The molecule has 172 valence electrons. The number of ether oxygens (including phenoxy) is 1. The van der Waals surface area contributed by atoms with E-state index in [2.05, 4.69) is 10.1 Å². The largest absolute Gasteiger partial charge is 0.487 e. The van der Waals surface area contributed by atoms with Crippen molar-refractivity contribution in [3.8, 4) is 17.2 Å². The highest BCUT2D eigenvalue weighted by atomic mass is 16.6. The second-order valence-corrected chi connectivity index (χ2v) is 7.51. The van der Waals surface area contributed by atoms with Gasteiger partial charge in [-0.25, -0.2) is 4.98 Å². The molecule has 0 amide bonds. The maximum atomic E-state index is 11.0. The zero-order valence-electron chi connectivity index (χ0n) is 18.5. The minimum Gasteiger partial charge on any atom is -0.487 e. The smallest absolute Gasteiger partial charge is 0.303 e. The molecule has 1 N–H and O–H groups in total. The first-order valence-corrected chi connectivity index (χ1v) is 10.8. The molecule has 1 heterocycles. The van der Waals surface area contributed by atoms with Crippen LogP contribution in [-0.4, -0.2) is 21.8 Å². The zero-order chi connectivity index (χ0) is 23.6. The third-order valence-electron chi connectivity index (χ3n) is 4.97. The number of hydrogen-bond donors (Lipinski definition) is 1. The number of oxazole rings is 1. The lowest BCUT2D eigenvalue weighted by Crippen LogP contribution is -2.06. The molecule has 0 saturated carbocycles. The van der Waals surface area contributed by atoms with Crippen molar-refractivity contribution in [2.45, 2.75) is 26.1 Å². The number of carboxylic acids is 1. The van der Waals surface area contributed by atoms with E-state index < -0.39 is 5.97 Å². The van der Waals surface area contributed by atoms with Crippen LogP contribution in [0.1, 0.15) is 29.7 Å². The van der Waals surface area contributed by atoms with Crippen molar-refractivity contribution in [2.75, 3.05) is 0 Å². The number of aromatic nitrogens is 1. The Kier molecular flexibility index (Phi) is 7.69. The van der Waals surface area contributed by atoms with Crippen molar-refractivity contribution in [1.29, 1.82) is 0 Å². The summed E-state index contributed by atoms with van der Waals surface area (Å²) in [7, 11) is 0. The number of benzene rings is 3. The molecule has 0 radical (unpaired) electrons. The number of hydrogen-bond acceptors (Lipinski definition) is 6. The first-order chi connectivity index (χ1) is 16.7. The van der Waals surface area contributed by atoms with Gasteiger partial charge in [0.2, 0.25) is 5.89 Å². The molecule has 7 heteroatoms. The lowest BCUT2D eigenvalue weighted by Gasteiger charge is -2.07. The van der Waals surface area contributed by atoms with Crippen molar-refractivity contribution >= 4 is 11.7 Å². The van der Waals surface area contributed by atoms with Crippen molar-refractivity contribution in [1.82, 2.24) is 4.98 Å². The first-order valence-electron chi connectivity index (χ1n) is 10.8. The fraction of sp³-hybridized carbons (Fsp3) is 0.148. The Morgan fingerprint density at radius 3 is 2.29 bits per heavy atom. The average molecular weight is 456 g/mol. The second kappa shape index (κ2) is 11.5. The summed E-state index contributed by atoms with van der Waals surface area (Å²) < 4.78 is 11.3. The summed E-state index contributed by atoms with van der Waals surface area (Å²) in [5, 5.41) is 13.2. The van der Waals surface area contributed by atoms with Crippen LogP contribution in [0.25, 0.3) is 11.5 Å². The topological polar surface area (TPSA) is 94.2 Å². The third kappa shape index (κ3) is 6.56. The van der Waals surface area contributed by atoms with E-state index in [4.69, 9.17) is 19.1 Å². The fourth-order valence-electron chi connectivity index (χ4n) is 3.21. The molecule has 0 bridgehead atoms. The maximum Gasteiger partial charge on any atom is 0.303 e. The molecule has 4 aromatic rings. The Hall–Kier alpha value is -4.39. The Balaban J connectivity index is 1.30. The van der Waals surface area contributed by atoms with E-state index in [1.165, 1.54) is 0 Å². The standard InChI is InChI=1S/C27H24N2O5/c30-26(31)16-15-25(21-7-3-1-4-8-21)29-34-17-20-11-13-24(14-12-20)32-18-23-19-33-27(28-23)22-9-5-2-6-10-22/h1-14,19H,15-18H2,(H,30,31). The van der Waals surface area contributed by atoms with Gasteiger partial charge in [-0.3, -0.25) is 4.79 Å². The Labute approximate surface area is 197 Å². The molecule has 0 aliphatic rings. The third-order valence-corrected chi connectivity index (χ3v) is 4.97. The fourth-order valence-corrected chi connectivity index (χ4v) is 3.21. The van der Waals surface area contributed by atoms with Gasteiger partial charge in [-0.15, -0.1) is 0 Å². The summed E-state index contributed by atoms with van der Waals surface area (Å²) >= 11 is 0. The van der Waals surface area contributed by atoms with Crippen LogP contribution in [0.5, 0.6) is 5.75 Å². The van der Waals surface area contributed by atoms with Gasteiger partial charge in [-0.2, -0.15) is 0 Å². The van der Waals surface area contributed by atoms with Crippen LogP contribution in [0.15, 0.2) is 101 Å². The predicted octanol–water partition coefficient (Wildman–Crippen LogP) is 5.71. The highest BCUT2D eigenvalue weighted by molar-refractivity contribution is 6.01. The van der Waals surface area contributed by atoms with Gasteiger partial charge in [0.25, 0.3) is 0 Å².